The van der Waals surface area contributed by atoms with E-state index in [1.807, 2.05) is 36.4 Å². The highest BCUT2D eigenvalue weighted by Gasteiger charge is 2.22. The van der Waals surface area contributed by atoms with Gasteiger partial charge < -0.3 is 0 Å². The lowest BCUT2D eigenvalue weighted by Gasteiger charge is -2.28. The van der Waals surface area contributed by atoms with E-state index in [9.17, 15) is 8.78 Å². The predicted molar refractivity (Wildman–Crippen MR) is 123 cm³/mol. The molecule has 3 rings (SSSR count). The predicted octanol–water partition coefficient (Wildman–Crippen LogP) is 8.37. The molecular weight excluding hydrogens is 374 g/mol. The summed E-state index contributed by atoms with van der Waals surface area (Å²) in [6, 6.07) is 15.0. The van der Waals surface area contributed by atoms with Crippen LogP contribution in [0.15, 0.2) is 54.4 Å². The third kappa shape index (κ3) is 6.05. The molecule has 1 aliphatic carbocycles. The summed E-state index contributed by atoms with van der Waals surface area (Å²) in [6.45, 7) is 4.38. The van der Waals surface area contributed by atoms with Crippen molar-refractivity contribution in [3.05, 3.63) is 76.6 Å². The SMILES string of the molecule is CCCc1ccc(C#CC(F)=C(F)c2ccc([C@H]3CC[C@H](CCC)CC3)cc2)cc1. The summed E-state index contributed by atoms with van der Waals surface area (Å²) >= 11 is 0. The van der Waals surface area contributed by atoms with Gasteiger partial charge in [0.2, 0.25) is 5.83 Å². The van der Waals surface area contributed by atoms with Gasteiger partial charge in [-0.2, -0.15) is 4.39 Å². The van der Waals surface area contributed by atoms with Crippen molar-refractivity contribution >= 4 is 5.83 Å². The Balaban J connectivity index is 1.64. The monoisotopic (exact) mass is 406 g/mol. The molecule has 0 unspecified atom stereocenters. The standard InChI is InChI=1S/C28H32F2/c1-3-5-21-7-9-23(10-8-21)13-20-27(29)28(30)26-18-16-25(17-19-26)24-14-11-22(6-4-2)12-15-24/h7-10,16-19,22,24H,3-6,11-12,14-15H2,1-2H3/t22-,24-. The van der Waals surface area contributed by atoms with E-state index in [4.69, 9.17) is 0 Å². The van der Waals surface area contributed by atoms with Crippen molar-refractivity contribution in [1.29, 1.82) is 0 Å². The number of benzene rings is 2. The Morgan fingerprint density at radius 3 is 2.13 bits per heavy atom. The lowest BCUT2D eigenvalue weighted by molar-refractivity contribution is 0.308. The van der Waals surface area contributed by atoms with Crippen LogP contribution in [0.4, 0.5) is 8.78 Å². The molecule has 0 nitrogen and oxygen atoms in total. The van der Waals surface area contributed by atoms with Crippen LogP contribution in [0.5, 0.6) is 0 Å². The number of halogens is 2. The Morgan fingerprint density at radius 2 is 1.53 bits per heavy atom. The molecule has 0 atom stereocenters. The fourth-order valence-electron chi connectivity index (χ4n) is 4.45. The molecule has 1 fully saturated rings. The van der Waals surface area contributed by atoms with Crippen molar-refractivity contribution in [3.63, 3.8) is 0 Å². The van der Waals surface area contributed by atoms with Gasteiger partial charge in [0.25, 0.3) is 0 Å². The highest BCUT2D eigenvalue weighted by molar-refractivity contribution is 5.65. The number of hydrogen-bond acceptors (Lipinski definition) is 0. The van der Waals surface area contributed by atoms with Crippen LogP contribution in [-0.4, -0.2) is 0 Å². The van der Waals surface area contributed by atoms with Gasteiger partial charge in [0.15, 0.2) is 5.83 Å². The molecule has 1 aliphatic rings. The topological polar surface area (TPSA) is 0 Å². The molecule has 0 heterocycles. The van der Waals surface area contributed by atoms with E-state index < -0.39 is 11.7 Å². The normalized spacial score (nSPS) is 19.6. The second-order valence-electron chi connectivity index (χ2n) is 8.45. The molecular formula is C28H32F2. The third-order valence-electron chi connectivity index (χ3n) is 6.18. The van der Waals surface area contributed by atoms with Crippen molar-refractivity contribution in [3.8, 4) is 11.8 Å². The lowest BCUT2D eigenvalue weighted by atomic mass is 9.77. The number of rotatable bonds is 6. The van der Waals surface area contributed by atoms with Gasteiger partial charge in [-0.1, -0.05) is 75.4 Å². The van der Waals surface area contributed by atoms with E-state index >= 15 is 0 Å². The summed E-state index contributed by atoms with van der Waals surface area (Å²) in [4.78, 5) is 0. The quantitative estimate of drug-likeness (QED) is 0.423. The van der Waals surface area contributed by atoms with Crippen LogP contribution in [0.3, 0.4) is 0 Å². The third-order valence-corrected chi connectivity index (χ3v) is 6.18. The molecule has 0 bridgehead atoms. The van der Waals surface area contributed by atoms with Gasteiger partial charge in [-0.15, -0.1) is 0 Å². The Morgan fingerprint density at radius 1 is 0.867 bits per heavy atom. The second-order valence-corrected chi connectivity index (χ2v) is 8.45. The van der Waals surface area contributed by atoms with Gasteiger partial charge in [-0.25, -0.2) is 4.39 Å². The Bertz CT molecular complexity index is 886. The molecule has 1 saturated carbocycles. The molecule has 2 heteroatoms. The van der Waals surface area contributed by atoms with Crippen molar-refractivity contribution in [2.45, 2.75) is 71.1 Å². The highest BCUT2D eigenvalue weighted by Crippen LogP contribution is 2.37. The molecule has 0 radical (unpaired) electrons. The lowest BCUT2D eigenvalue weighted by Crippen LogP contribution is -2.13. The van der Waals surface area contributed by atoms with Gasteiger partial charge in [0, 0.05) is 11.1 Å². The van der Waals surface area contributed by atoms with Crippen LogP contribution in [-0.2, 0) is 6.42 Å². The van der Waals surface area contributed by atoms with Gasteiger partial charge >= 0.3 is 0 Å². The van der Waals surface area contributed by atoms with E-state index in [2.05, 4.69) is 25.7 Å². The largest absolute Gasteiger partial charge is 0.209 e. The molecule has 30 heavy (non-hydrogen) atoms. The molecule has 0 saturated heterocycles. The van der Waals surface area contributed by atoms with Crippen LogP contribution in [0, 0.1) is 17.8 Å². The van der Waals surface area contributed by atoms with Gasteiger partial charge in [0.1, 0.15) is 0 Å². The van der Waals surface area contributed by atoms with Crippen LogP contribution in [0.25, 0.3) is 5.83 Å². The second kappa shape index (κ2) is 11.1. The first-order valence-corrected chi connectivity index (χ1v) is 11.4. The van der Waals surface area contributed by atoms with Gasteiger partial charge in [-0.3, -0.25) is 0 Å². The van der Waals surface area contributed by atoms with Crippen LogP contribution in [0.2, 0.25) is 0 Å². The fourth-order valence-corrected chi connectivity index (χ4v) is 4.45. The minimum Gasteiger partial charge on any atom is -0.202 e. The average Bonchev–Trinajstić information content (AvgIpc) is 2.79. The maximum absolute atomic E-state index is 14.5. The Kier molecular flexibility index (Phi) is 8.26. The zero-order valence-corrected chi connectivity index (χ0v) is 18.2. The fraction of sp³-hybridized carbons (Fsp3) is 0.429. The summed E-state index contributed by atoms with van der Waals surface area (Å²) in [6.07, 6.45) is 9.60. The van der Waals surface area contributed by atoms with Crippen LogP contribution < -0.4 is 0 Å². The van der Waals surface area contributed by atoms with Crippen molar-refractivity contribution in [2.24, 2.45) is 5.92 Å². The number of allylic oxidation sites excluding steroid dienone is 1. The van der Waals surface area contributed by atoms with E-state index in [-0.39, 0.29) is 5.56 Å². The minimum absolute atomic E-state index is 0.253. The molecule has 158 valence electrons. The highest BCUT2D eigenvalue weighted by atomic mass is 19.2. The Hall–Kier alpha value is -2.40. The van der Waals surface area contributed by atoms with E-state index in [1.54, 1.807) is 12.1 Å². The molecule has 2 aromatic carbocycles. The summed E-state index contributed by atoms with van der Waals surface area (Å²) in [5, 5.41) is 0. The van der Waals surface area contributed by atoms with E-state index in [1.165, 1.54) is 49.7 Å². The molecule has 0 N–H and O–H groups in total. The summed E-state index contributed by atoms with van der Waals surface area (Å²) < 4.78 is 28.8. The van der Waals surface area contributed by atoms with E-state index in [0.717, 1.165) is 18.8 Å². The zero-order valence-electron chi connectivity index (χ0n) is 18.2. The average molecular weight is 407 g/mol. The summed E-state index contributed by atoms with van der Waals surface area (Å²) in [5.41, 5.74) is 3.40. The smallest absolute Gasteiger partial charge is 0.202 e. The maximum Gasteiger partial charge on any atom is 0.209 e. The number of aryl methyl sites for hydroxylation is 1. The molecule has 2 aromatic rings. The number of hydrogen-bond donors (Lipinski definition) is 0. The first-order valence-electron chi connectivity index (χ1n) is 11.4. The molecule has 0 aliphatic heterocycles. The van der Waals surface area contributed by atoms with Crippen molar-refractivity contribution in [1.82, 2.24) is 0 Å². The maximum atomic E-state index is 14.5. The molecule has 0 spiro atoms. The van der Waals surface area contributed by atoms with E-state index in [0.29, 0.717) is 11.5 Å². The zero-order chi connectivity index (χ0) is 21.3. The van der Waals surface area contributed by atoms with Gasteiger partial charge in [0.05, 0.1) is 0 Å². The molecule has 0 amide bonds. The Labute approximate surface area is 180 Å². The first-order chi connectivity index (χ1) is 14.6. The minimum atomic E-state index is -1.01. The van der Waals surface area contributed by atoms with Crippen molar-refractivity contribution in [2.75, 3.05) is 0 Å². The van der Waals surface area contributed by atoms with Crippen LogP contribution >= 0.6 is 0 Å². The summed E-state index contributed by atoms with van der Waals surface area (Å²) in [5.74, 6) is 4.55. The van der Waals surface area contributed by atoms with Crippen molar-refractivity contribution < 1.29 is 8.78 Å². The first kappa shape index (κ1) is 22.3. The summed E-state index contributed by atoms with van der Waals surface area (Å²) in [7, 11) is 0. The van der Waals surface area contributed by atoms with Gasteiger partial charge in [-0.05, 0) is 73.1 Å². The van der Waals surface area contributed by atoms with Crippen LogP contribution in [0.1, 0.15) is 87.0 Å². The molecule has 0 aromatic heterocycles.